The molecule has 1 saturated heterocycles. The number of H-pyrrole nitrogens is 1. The van der Waals surface area contributed by atoms with Gasteiger partial charge in [0.2, 0.25) is 11.8 Å². The first-order chi connectivity index (χ1) is 18.9. The van der Waals surface area contributed by atoms with E-state index in [4.69, 9.17) is 9.47 Å². The smallest absolute Gasteiger partial charge is 0.357 e. The zero-order valence-corrected chi connectivity index (χ0v) is 21.3. The minimum absolute atomic E-state index is 0.0350. The van der Waals surface area contributed by atoms with E-state index < -0.39 is 48.7 Å². The Kier molecular flexibility index (Phi) is 8.87. The summed E-state index contributed by atoms with van der Waals surface area (Å²) < 4.78 is 10.4. The number of nitrogens with one attached hydrogen (secondary N) is 4. The molecular weight excluding hydrogens is 506 g/mol. The van der Waals surface area contributed by atoms with E-state index in [1.807, 2.05) is 0 Å². The number of benzene rings is 1. The van der Waals surface area contributed by atoms with E-state index in [2.05, 4.69) is 25.9 Å². The van der Waals surface area contributed by atoms with Crippen LogP contribution in [0.2, 0.25) is 0 Å². The van der Waals surface area contributed by atoms with E-state index in [9.17, 15) is 24.0 Å². The lowest BCUT2D eigenvalue weighted by Gasteiger charge is -2.26. The summed E-state index contributed by atoms with van der Waals surface area (Å²) >= 11 is 0. The largest absolute Gasteiger partial charge is 0.496 e. The van der Waals surface area contributed by atoms with Gasteiger partial charge in [-0.3, -0.25) is 19.2 Å². The van der Waals surface area contributed by atoms with Crippen molar-refractivity contribution in [1.82, 2.24) is 25.9 Å². The molecule has 1 unspecified atom stereocenters. The van der Waals surface area contributed by atoms with Crippen LogP contribution in [0.3, 0.4) is 0 Å². The second-order valence-corrected chi connectivity index (χ2v) is 9.03. The van der Waals surface area contributed by atoms with Gasteiger partial charge in [0, 0.05) is 29.6 Å². The standard InChI is InChI=1S/C27H29N5O7/c1-38-23-9-4-8-18-17(23)13-21(31-18)26(36)30-14-24(34)32-20(12-16-6-5-11-29-25(16)35)22(33)15-39-27(37)19-7-2-3-10-28-19/h2-4,7-10,13,16,20,31H,5-6,11-12,14-15H2,1H3,(H,29,35)(H,30,36)(H,32,34)/t16-,20?/m0/s1. The van der Waals surface area contributed by atoms with E-state index in [0.717, 1.165) is 6.42 Å². The number of Topliss-reactive ketones (excluding diaryl/α,β-unsaturated/α-hetero) is 1. The SMILES string of the molecule is COc1cccc2[nH]c(C(=O)NCC(=O)NC(C[C@@H]3CCCNC3=O)C(=O)COC(=O)c3ccccn3)cc12. The third-order valence-corrected chi connectivity index (χ3v) is 6.36. The number of carbonyl (C=O) groups excluding carboxylic acids is 5. The first kappa shape index (κ1) is 27.3. The van der Waals surface area contributed by atoms with Crippen molar-refractivity contribution < 1.29 is 33.4 Å². The summed E-state index contributed by atoms with van der Waals surface area (Å²) in [5.41, 5.74) is 0.964. The van der Waals surface area contributed by atoms with Gasteiger partial charge in [0.25, 0.3) is 5.91 Å². The van der Waals surface area contributed by atoms with Gasteiger partial charge in [0.05, 0.1) is 19.7 Å². The van der Waals surface area contributed by atoms with Crippen LogP contribution in [0.25, 0.3) is 10.9 Å². The van der Waals surface area contributed by atoms with Crippen LogP contribution in [0.4, 0.5) is 0 Å². The molecule has 3 amide bonds. The monoisotopic (exact) mass is 535 g/mol. The summed E-state index contributed by atoms with van der Waals surface area (Å²) in [6.07, 6.45) is 2.75. The molecule has 39 heavy (non-hydrogen) atoms. The predicted octanol–water partition coefficient (Wildman–Crippen LogP) is 1.13. The minimum atomic E-state index is -1.10. The number of pyridine rings is 1. The van der Waals surface area contributed by atoms with Gasteiger partial charge in [0.15, 0.2) is 12.4 Å². The first-order valence-electron chi connectivity index (χ1n) is 12.5. The number of esters is 1. The lowest BCUT2D eigenvalue weighted by Crippen LogP contribution is -2.49. The number of piperidine rings is 1. The van der Waals surface area contributed by atoms with Gasteiger partial charge in [-0.1, -0.05) is 12.1 Å². The Morgan fingerprint density at radius 3 is 2.74 bits per heavy atom. The van der Waals surface area contributed by atoms with E-state index in [-0.39, 0.29) is 23.7 Å². The van der Waals surface area contributed by atoms with E-state index >= 15 is 0 Å². The number of rotatable bonds is 11. The van der Waals surface area contributed by atoms with Crippen molar-refractivity contribution in [2.24, 2.45) is 5.92 Å². The highest BCUT2D eigenvalue weighted by Gasteiger charge is 2.31. The Hall–Kier alpha value is -4.74. The molecule has 2 atom stereocenters. The quantitative estimate of drug-likeness (QED) is 0.265. The fourth-order valence-electron chi connectivity index (χ4n) is 4.34. The van der Waals surface area contributed by atoms with E-state index in [1.54, 1.807) is 36.4 Å². The molecule has 1 aliphatic heterocycles. The molecule has 4 N–H and O–H groups in total. The van der Waals surface area contributed by atoms with Crippen molar-refractivity contribution in [3.63, 3.8) is 0 Å². The van der Waals surface area contributed by atoms with Crippen LogP contribution in [-0.2, 0) is 19.1 Å². The number of ether oxygens (including phenoxy) is 2. The number of methoxy groups -OCH3 is 1. The van der Waals surface area contributed by atoms with Gasteiger partial charge in [-0.2, -0.15) is 0 Å². The number of ketones is 1. The predicted molar refractivity (Wildman–Crippen MR) is 139 cm³/mol. The summed E-state index contributed by atoms with van der Waals surface area (Å²) in [7, 11) is 1.53. The minimum Gasteiger partial charge on any atom is -0.496 e. The Bertz CT molecular complexity index is 1370. The Labute approximate surface area is 223 Å². The third-order valence-electron chi connectivity index (χ3n) is 6.36. The molecule has 0 spiro atoms. The molecule has 12 heteroatoms. The van der Waals surface area contributed by atoms with Crippen LogP contribution in [0.1, 0.15) is 40.2 Å². The molecule has 1 fully saturated rings. The zero-order valence-electron chi connectivity index (χ0n) is 21.3. The molecule has 12 nitrogen and oxygen atoms in total. The van der Waals surface area contributed by atoms with Crippen LogP contribution in [0.15, 0.2) is 48.7 Å². The highest BCUT2D eigenvalue weighted by molar-refractivity contribution is 6.01. The lowest BCUT2D eigenvalue weighted by molar-refractivity contribution is -0.132. The molecule has 4 rings (SSSR count). The van der Waals surface area contributed by atoms with Crippen LogP contribution in [0.5, 0.6) is 5.75 Å². The van der Waals surface area contributed by atoms with Crippen LogP contribution in [-0.4, -0.2) is 72.3 Å². The number of aromatic amines is 1. The maximum Gasteiger partial charge on any atom is 0.357 e. The van der Waals surface area contributed by atoms with Gasteiger partial charge in [-0.25, -0.2) is 9.78 Å². The third kappa shape index (κ3) is 6.98. The van der Waals surface area contributed by atoms with E-state index in [1.165, 1.54) is 19.4 Å². The van der Waals surface area contributed by atoms with Gasteiger partial charge in [-0.05, 0) is 49.6 Å². The van der Waals surface area contributed by atoms with Crippen LogP contribution < -0.4 is 20.7 Å². The average molecular weight is 536 g/mol. The maximum atomic E-state index is 13.0. The number of carbonyl (C=O) groups is 5. The molecule has 1 aromatic carbocycles. The molecular formula is C27H29N5O7. The van der Waals surface area contributed by atoms with Gasteiger partial charge in [-0.15, -0.1) is 0 Å². The normalized spacial score (nSPS) is 15.6. The second kappa shape index (κ2) is 12.7. The zero-order chi connectivity index (χ0) is 27.8. The number of fused-ring (bicyclic) bond motifs is 1. The Balaban J connectivity index is 1.37. The fraction of sp³-hybridized carbons (Fsp3) is 0.333. The summed E-state index contributed by atoms with van der Waals surface area (Å²) in [5, 5.41) is 8.56. The number of nitrogens with zero attached hydrogens (tertiary/aromatic N) is 1. The van der Waals surface area contributed by atoms with E-state index in [0.29, 0.717) is 29.6 Å². The number of aromatic nitrogens is 2. The molecule has 2 aromatic heterocycles. The molecule has 0 aliphatic carbocycles. The summed E-state index contributed by atoms with van der Waals surface area (Å²) in [5.74, 6) is -2.63. The Morgan fingerprint density at radius 1 is 1.15 bits per heavy atom. The van der Waals surface area contributed by atoms with Crippen molar-refractivity contribution in [3.05, 3.63) is 60.0 Å². The van der Waals surface area contributed by atoms with Crippen molar-refractivity contribution in [2.45, 2.75) is 25.3 Å². The van der Waals surface area contributed by atoms with Crippen LogP contribution in [0, 0.1) is 5.92 Å². The molecule has 3 aromatic rings. The maximum absolute atomic E-state index is 13.0. The Morgan fingerprint density at radius 2 is 2.00 bits per heavy atom. The fourth-order valence-corrected chi connectivity index (χ4v) is 4.34. The highest BCUT2D eigenvalue weighted by atomic mass is 16.5. The van der Waals surface area contributed by atoms with Crippen molar-refractivity contribution in [2.75, 3.05) is 26.8 Å². The summed E-state index contributed by atoms with van der Waals surface area (Å²) in [6, 6.07) is 10.5. The van der Waals surface area contributed by atoms with Crippen molar-refractivity contribution in [1.29, 1.82) is 0 Å². The topological polar surface area (TPSA) is 169 Å². The highest BCUT2D eigenvalue weighted by Crippen LogP contribution is 2.26. The number of hydrogen-bond acceptors (Lipinski definition) is 8. The molecule has 0 radical (unpaired) electrons. The molecule has 204 valence electrons. The molecule has 3 heterocycles. The number of amides is 3. The second-order valence-electron chi connectivity index (χ2n) is 9.03. The number of hydrogen-bond donors (Lipinski definition) is 4. The average Bonchev–Trinajstić information content (AvgIpc) is 3.40. The molecule has 0 saturated carbocycles. The van der Waals surface area contributed by atoms with Crippen LogP contribution >= 0.6 is 0 Å². The van der Waals surface area contributed by atoms with Crippen molar-refractivity contribution in [3.8, 4) is 5.75 Å². The van der Waals surface area contributed by atoms with Crippen molar-refractivity contribution >= 4 is 40.4 Å². The van der Waals surface area contributed by atoms with Gasteiger partial charge < -0.3 is 30.4 Å². The van der Waals surface area contributed by atoms with Gasteiger partial charge in [0.1, 0.15) is 17.1 Å². The summed E-state index contributed by atoms with van der Waals surface area (Å²) in [4.78, 5) is 69.7. The molecule has 0 bridgehead atoms. The first-order valence-corrected chi connectivity index (χ1v) is 12.5. The summed E-state index contributed by atoms with van der Waals surface area (Å²) in [6.45, 7) is -0.481. The lowest BCUT2D eigenvalue weighted by atomic mass is 9.90. The molecule has 1 aliphatic rings. The van der Waals surface area contributed by atoms with Gasteiger partial charge >= 0.3 is 5.97 Å².